The van der Waals surface area contributed by atoms with Crippen molar-refractivity contribution >= 4 is 27.5 Å². The van der Waals surface area contributed by atoms with Crippen molar-refractivity contribution in [3.05, 3.63) is 51.1 Å². The maximum atomic E-state index is 8.97. The van der Waals surface area contributed by atoms with E-state index in [1.54, 1.807) is 6.07 Å². The fraction of sp³-hybridized carbons (Fsp3) is 0.154. The van der Waals surface area contributed by atoms with Crippen molar-refractivity contribution in [2.24, 2.45) is 0 Å². The number of pyridine rings is 1. The summed E-state index contributed by atoms with van der Waals surface area (Å²) in [5.74, 6) is 0.963. The topological polar surface area (TPSA) is 42.4 Å². The van der Waals surface area contributed by atoms with Crippen molar-refractivity contribution in [2.75, 3.05) is 0 Å². The summed E-state index contributed by atoms with van der Waals surface area (Å²) in [7, 11) is 0. The van der Waals surface area contributed by atoms with E-state index in [1.807, 2.05) is 25.1 Å². The monoisotopic (exact) mass is 327 g/mol. The van der Waals surface area contributed by atoms with E-state index >= 15 is 0 Å². The lowest BCUT2D eigenvalue weighted by Gasteiger charge is -2.09. The molecule has 1 aromatic carbocycles. The lowest BCUT2D eigenvalue weighted by Crippen LogP contribution is -1.92. The summed E-state index contributed by atoms with van der Waals surface area (Å²) >= 11 is 9.45. The molecule has 0 radical (unpaired) electrons. The molecule has 0 aliphatic heterocycles. The Kier molecular flexibility index (Phi) is 4.22. The molecule has 1 heterocycles. The molecule has 1 aromatic heterocycles. The van der Waals surface area contributed by atoms with E-state index in [0.717, 1.165) is 10.0 Å². The van der Waals surface area contributed by atoms with Gasteiger partial charge < -0.3 is 9.84 Å². The van der Waals surface area contributed by atoms with Gasteiger partial charge in [-0.15, -0.1) is 0 Å². The molecule has 94 valence electrons. The predicted octanol–water partition coefficient (Wildman–Crippen LogP) is 4.09. The Bertz CT molecular complexity index is 575. The van der Waals surface area contributed by atoms with Crippen molar-refractivity contribution < 1.29 is 9.84 Å². The zero-order valence-corrected chi connectivity index (χ0v) is 12.0. The van der Waals surface area contributed by atoms with Gasteiger partial charge in [-0.05, 0) is 52.2 Å². The van der Waals surface area contributed by atoms with Gasteiger partial charge in [0, 0.05) is 6.20 Å². The average molecular weight is 329 g/mol. The van der Waals surface area contributed by atoms with Gasteiger partial charge in [0.05, 0.1) is 11.1 Å². The van der Waals surface area contributed by atoms with Crippen LogP contribution in [0.15, 0.2) is 34.9 Å². The van der Waals surface area contributed by atoms with Crippen LogP contribution in [-0.2, 0) is 6.61 Å². The maximum absolute atomic E-state index is 8.97. The van der Waals surface area contributed by atoms with Crippen molar-refractivity contribution in [3.63, 3.8) is 0 Å². The highest BCUT2D eigenvalue weighted by Crippen LogP contribution is 2.33. The molecule has 0 spiro atoms. The smallest absolute Gasteiger partial charge is 0.238 e. The molecule has 0 saturated carbocycles. The Morgan fingerprint density at radius 1 is 1.39 bits per heavy atom. The Balaban J connectivity index is 2.28. The van der Waals surface area contributed by atoms with Crippen LogP contribution in [0.4, 0.5) is 0 Å². The van der Waals surface area contributed by atoms with Gasteiger partial charge in [-0.3, -0.25) is 0 Å². The molecule has 18 heavy (non-hydrogen) atoms. The quantitative estimate of drug-likeness (QED) is 0.922. The summed E-state index contributed by atoms with van der Waals surface area (Å²) in [6.45, 7) is 1.90. The minimum Gasteiger partial charge on any atom is -0.436 e. The molecule has 0 saturated heterocycles. The van der Waals surface area contributed by atoms with Crippen LogP contribution in [0, 0.1) is 6.92 Å². The van der Waals surface area contributed by atoms with E-state index < -0.39 is 0 Å². The van der Waals surface area contributed by atoms with E-state index in [9.17, 15) is 0 Å². The van der Waals surface area contributed by atoms with Gasteiger partial charge in [-0.1, -0.05) is 17.7 Å². The van der Waals surface area contributed by atoms with Crippen molar-refractivity contribution in [1.82, 2.24) is 4.98 Å². The Hall–Kier alpha value is -1.10. The molecule has 0 aliphatic rings. The van der Waals surface area contributed by atoms with Crippen LogP contribution in [-0.4, -0.2) is 10.1 Å². The first-order valence-electron chi connectivity index (χ1n) is 5.29. The van der Waals surface area contributed by atoms with Gasteiger partial charge in [0.15, 0.2) is 0 Å². The second-order valence-corrected chi connectivity index (χ2v) is 5.09. The number of aliphatic hydroxyl groups excluding tert-OH is 1. The molecule has 2 rings (SSSR count). The second-order valence-electron chi connectivity index (χ2n) is 3.82. The van der Waals surface area contributed by atoms with E-state index in [0.29, 0.717) is 22.2 Å². The second kappa shape index (κ2) is 5.69. The third kappa shape index (κ3) is 3.02. The van der Waals surface area contributed by atoms with Crippen molar-refractivity contribution in [1.29, 1.82) is 0 Å². The highest BCUT2D eigenvalue weighted by molar-refractivity contribution is 9.10. The number of hydrogen-bond acceptors (Lipinski definition) is 3. The molecule has 0 aliphatic carbocycles. The third-order valence-electron chi connectivity index (χ3n) is 2.34. The van der Waals surface area contributed by atoms with Crippen LogP contribution < -0.4 is 4.74 Å². The summed E-state index contributed by atoms with van der Waals surface area (Å²) in [4.78, 5) is 4.07. The van der Waals surface area contributed by atoms with Crippen LogP contribution in [0.2, 0.25) is 5.02 Å². The first-order chi connectivity index (χ1) is 8.60. The Morgan fingerprint density at radius 3 is 2.78 bits per heavy atom. The fourth-order valence-electron chi connectivity index (χ4n) is 1.42. The van der Waals surface area contributed by atoms with Gasteiger partial charge in [0.1, 0.15) is 10.8 Å². The first kappa shape index (κ1) is 13.3. The molecule has 5 heteroatoms. The fourth-order valence-corrected chi connectivity index (χ4v) is 2.22. The van der Waals surface area contributed by atoms with Gasteiger partial charge in [0.25, 0.3) is 0 Å². The summed E-state index contributed by atoms with van der Waals surface area (Å²) < 4.78 is 6.46. The van der Waals surface area contributed by atoms with Crippen LogP contribution in [0.5, 0.6) is 11.6 Å². The van der Waals surface area contributed by atoms with E-state index in [4.69, 9.17) is 21.4 Å². The summed E-state index contributed by atoms with van der Waals surface area (Å²) in [6.07, 6.45) is 1.53. The van der Waals surface area contributed by atoms with Crippen molar-refractivity contribution in [2.45, 2.75) is 13.5 Å². The summed E-state index contributed by atoms with van der Waals surface area (Å²) in [5, 5.41) is 9.34. The van der Waals surface area contributed by atoms with E-state index in [2.05, 4.69) is 20.9 Å². The third-order valence-corrected chi connectivity index (χ3v) is 3.23. The van der Waals surface area contributed by atoms with E-state index in [-0.39, 0.29) is 6.61 Å². The van der Waals surface area contributed by atoms with Crippen LogP contribution in [0.3, 0.4) is 0 Å². The lowest BCUT2D eigenvalue weighted by molar-refractivity contribution is 0.281. The molecule has 0 atom stereocenters. The number of ether oxygens (including phenoxy) is 1. The van der Waals surface area contributed by atoms with Crippen LogP contribution in [0.1, 0.15) is 11.1 Å². The lowest BCUT2D eigenvalue weighted by atomic mass is 10.2. The zero-order valence-electron chi connectivity index (χ0n) is 9.65. The standard InChI is InChI=1S/C13H11BrClNO2/c1-8-2-3-12(10(14)4-8)18-13-11(15)5-9(7-17)6-16-13/h2-6,17H,7H2,1H3. The first-order valence-corrected chi connectivity index (χ1v) is 6.46. The number of rotatable bonds is 3. The molecule has 0 unspecified atom stereocenters. The Morgan fingerprint density at radius 2 is 2.17 bits per heavy atom. The maximum Gasteiger partial charge on any atom is 0.238 e. The van der Waals surface area contributed by atoms with Gasteiger partial charge in [-0.2, -0.15) is 0 Å². The molecule has 3 nitrogen and oxygen atoms in total. The highest BCUT2D eigenvalue weighted by atomic mass is 79.9. The SMILES string of the molecule is Cc1ccc(Oc2ncc(CO)cc2Cl)c(Br)c1. The number of hydrogen-bond donors (Lipinski definition) is 1. The number of halogens is 2. The Labute approximate surface area is 119 Å². The minimum absolute atomic E-state index is 0.0960. The average Bonchev–Trinajstić information content (AvgIpc) is 2.34. The summed E-state index contributed by atoms with van der Waals surface area (Å²) in [6, 6.07) is 7.37. The van der Waals surface area contributed by atoms with Crippen LogP contribution >= 0.6 is 27.5 Å². The number of aromatic nitrogens is 1. The highest BCUT2D eigenvalue weighted by Gasteiger charge is 2.08. The van der Waals surface area contributed by atoms with Gasteiger partial charge in [-0.25, -0.2) is 4.98 Å². The number of aliphatic hydroxyl groups is 1. The number of nitrogens with zero attached hydrogens (tertiary/aromatic N) is 1. The van der Waals surface area contributed by atoms with Crippen LogP contribution in [0.25, 0.3) is 0 Å². The molecule has 1 N–H and O–H groups in total. The predicted molar refractivity (Wildman–Crippen MR) is 74.1 cm³/mol. The molecular weight excluding hydrogens is 318 g/mol. The van der Waals surface area contributed by atoms with Gasteiger partial charge in [0.2, 0.25) is 5.88 Å². The number of aryl methyl sites for hydroxylation is 1. The number of benzene rings is 1. The normalized spacial score (nSPS) is 10.4. The minimum atomic E-state index is -0.0960. The largest absolute Gasteiger partial charge is 0.436 e. The molecule has 0 amide bonds. The molecule has 0 bridgehead atoms. The van der Waals surface area contributed by atoms with Crippen molar-refractivity contribution in [3.8, 4) is 11.6 Å². The summed E-state index contributed by atoms with van der Waals surface area (Å²) in [5.41, 5.74) is 1.78. The zero-order chi connectivity index (χ0) is 13.1. The molecule has 2 aromatic rings. The molecule has 0 fully saturated rings. The van der Waals surface area contributed by atoms with Gasteiger partial charge >= 0.3 is 0 Å². The van der Waals surface area contributed by atoms with E-state index in [1.165, 1.54) is 6.20 Å². The molecular formula is C13H11BrClNO2.